The first-order valence-corrected chi connectivity index (χ1v) is 11.6. The van der Waals surface area contributed by atoms with Gasteiger partial charge in [-0.25, -0.2) is 4.39 Å². The predicted octanol–water partition coefficient (Wildman–Crippen LogP) is 6.72. The quantitative estimate of drug-likeness (QED) is 0.266. The molecule has 0 N–H and O–H groups in total. The minimum Gasteiger partial charge on any atom is -0.421 e. The van der Waals surface area contributed by atoms with Crippen molar-refractivity contribution in [3.63, 3.8) is 0 Å². The zero-order valence-electron chi connectivity index (χ0n) is 18.6. The molecule has 6 heteroatoms. The molecule has 1 aromatic heterocycles. The average molecular weight is 506 g/mol. The zero-order valence-corrected chi connectivity index (χ0v) is 20.2. The first-order valence-electron chi connectivity index (χ1n) is 10.8. The number of anilines is 1. The number of hydrogen-bond donors (Lipinski definition) is 0. The summed E-state index contributed by atoms with van der Waals surface area (Å²) in [7, 11) is 1.97. The van der Waals surface area contributed by atoms with Crippen LogP contribution in [-0.4, -0.2) is 23.8 Å². The van der Waals surface area contributed by atoms with Crippen LogP contribution in [0.5, 0.6) is 0 Å². The van der Waals surface area contributed by atoms with Gasteiger partial charge >= 0.3 is 0 Å². The minimum absolute atomic E-state index is 0.266. The van der Waals surface area contributed by atoms with Gasteiger partial charge in [-0.1, -0.05) is 58.4 Å². The van der Waals surface area contributed by atoms with Crippen molar-refractivity contribution in [2.24, 2.45) is 0 Å². The molecule has 0 aliphatic heterocycles. The van der Waals surface area contributed by atoms with Gasteiger partial charge in [-0.15, -0.1) is 10.2 Å². The highest BCUT2D eigenvalue weighted by molar-refractivity contribution is 9.10. The molecule has 0 aliphatic rings. The van der Waals surface area contributed by atoms with Crippen LogP contribution in [0, 0.1) is 12.7 Å². The Morgan fingerprint density at radius 3 is 2.58 bits per heavy atom. The molecule has 0 bridgehead atoms. The van der Waals surface area contributed by atoms with Crippen molar-refractivity contribution in [3.05, 3.63) is 111 Å². The highest BCUT2D eigenvalue weighted by Gasteiger charge is 2.10. The van der Waals surface area contributed by atoms with Gasteiger partial charge in [-0.3, -0.25) is 0 Å². The van der Waals surface area contributed by atoms with Gasteiger partial charge in [0, 0.05) is 29.8 Å². The highest BCUT2D eigenvalue weighted by atomic mass is 79.9. The third-order valence-electron chi connectivity index (χ3n) is 5.46. The lowest BCUT2D eigenvalue weighted by Gasteiger charge is -2.21. The van der Waals surface area contributed by atoms with Crippen LogP contribution >= 0.6 is 15.9 Å². The van der Waals surface area contributed by atoms with Gasteiger partial charge in [0.1, 0.15) is 5.82 Å². The maximum atomic E-state index is 14.0. The Morgan fingerprint density at radius 1 is 0.970 bits per heavy atom. The molecular formula is C27H25BrFN3O. The summed E-state index contributed by atoms with van der Waals surface area (Å²) >= 11 is 3.55. The number of rotatable bonds is 8. The normalized spacial score (nSPS) is 11.3. The molecule has 4 aromatic rings. The lowest BCUT2D eigenvalue weighted by atomic mass is 10.1. The molecule has 4 nitrogen and oxygen atoms in total. The van der Waals surface area contributed by atoms with Gasteiger partial charge in [0.25, 0.3) is 0 Å². The zero-order chi connectivity index (χ0) is 23.2. The van der Waals surface area contributed by atoms with Crippen LogP contribution in [0.3, 0.4) is 0 Å². The number of nitrogens with zero attached hydrogens (tertiary/aromatic N) is 3. The molecule has 4 rings (SSSR count). The van der Waals surface area contributed by atoms with Gasteiger partial charge in [-0.05, 0) is 65.9 Å². The van der Waals surface area contributed by atoms with Gasteiger partial charge in [0.2, 0.25) is 11.8 Å². The summed E-state index contributed by atoms with van der Waals surface area (Å²) in [6.07, 6.45) is 5.08. The maximum Gasteiger partial charge on any atom is 0.240 e. The van der Waals surface area contributed by atoms with E-state index < -0.39 is 0 Å². The molecule has 0 aliphatic carbocycles. The molecule has 0 unspecified atom stereocenters. The minimum atomic E-state index is -0.266. The van der Waals surface area contributed by atoms with Crippen molar-refractivity contribution < 1.29 is 8.81 Å². The third-order valence-corrected chi connectivity index (χ3v) is 6.32. The number of aryl methyl sites for hydroxylation is 1. The molecule has 0 fully saturated rings. The highest BCUT2D eigenvalue weighted by Crippen LogP contribution is 2.24. The van der Waals surface area contributed by atoms with Crippen molar-refractivity contribution in [2.45, 2.75) is 19.8 Å². The van der Waals surface area contributed by atoms with E-state index in [-0.39, 0.29) is 5.82 Å². The maximum absolute atomic E-state index is 14.0. The second-order valence-corrected chi connectivity index (χ2v) is 8.84. The lowest BCUT2D eigenvalue weighted by molar-refractivity contribution is 0.496. The topological polar surface area (TPSA) is 42.2 Å². The summed E-state index contributed by atoms with van der Waals surface area (Å²) in [6, 6.07) is 21.2. The first kappa shape index (κ1) is 22.9. The molecule has 0 saturated heterocycles. The summed E-state index contributed by atoms with van der Waals surface area (Å²) in [5.74, 6) is 0.696. The molecule has 0 spiro atoms. The first-order chi connectivity index (χ1) is 16.0. The van der Waals surface area contributed by atoms with E-state index in [0.717, 1.165) is 34.3 Å². The lowest BCUT2D eigenvalue weighted by Crippen LogP contribution is -2.21. The molecule has 0 atom stereocenters. The summed E-state index contributed by atoms with van der Waals surface area (Å²) in [5, 5.41) is 8.29. The van der Waals surface area contributed by atoms with Crippen LogP contribution in [0.1, 0.15) is 34.0 Å². The fourth-order valence-electron chi connectivity index (χ4n) is 3.54. The van der Waals surface area contributed by atoms with E-state index >= 15 is 0 Å². The fraction of sp³-hybridized carbons (Fsp3) is 0.185. The molecule has 0 radical (unpaired) electrons. The summed E-state index contributed by atoms with van der Waals surface area (Å²) in [6.45, 7) is 2.82. The van der Waals surface area contributed by atoms with Crippen LogP contribution < -0.4 is 4.90 Å². The fourth-order valence-corrected chi connectivity index (χ4v) is 3.96. The average Bonchev–Trinajstić information content (AvgIpc) is 3.27. The monoisotopic (exact) mass is 505 g/mol. The molecule has 0 saturated carbocycles. The number of likely N-dealkylation sites (N-methyl/N-ethyl adjacent to an activating group) is 1. The number of aromatic nitrogens is 2. The standard InChI is InChI=1S/C27H25BrFN3O/c1-19-8-9-21(16-24(19)28)17-27-31-30-26(33-27)13-11-22-10-12-23(29)18-25(22)32(2)15-14-20-6-4-3-5-7-20/h3-13,16,18H,14-15,17H2,1-2H3. The van der Waals surface area contributed by atoms with E-state index in [1.54, 1.807) is 18.2 Å². The Hall–Kier alpha value is -3.25. The summed E-state index contributed by atoms with van der Waals surface area (Å²) < 4.78 is 20.9. The van der Waals surface area contributed by atoms with E-state index in [1.807, 2.05) is 38.2 Å². The number of benzene rings is 3. The number of halogens is 2. The van der Waals surface area contributed by atoms with Crippen molar-refractivity contribution >= 4 is 33.8 Å². The SMILES string of the molecule is Cc1ccc(Cc2nnc(C=Cc3ccc(F)cc3N(C)CCc3ccccc3)o2)cc1Br. The van der Waals surface area contributed by atoms with E-state index in [9.17, 15) is 4.39 Å². The van der Waals surface area contributed by atoms with Crippen molar-refractivity contribution in [1.82, 2.24) is 10.2 Å². The second-order valence-electron chi connectivity index (χ2n) is 7.99. The van der Waals surface area contributed by atoms with Crippen LogP contribution in [0.15, 0.2) is 75.6 Å². The van der Waals surface area contributed by atoms with Crippen molar-refractivity contribution in [1.29, 1.82) is 0 Å². The number of hydrogen-bond acceptors (Lipinski definition) is 4. The summed E-state index contributed by atoms with van der Waals surface area (Å²) in [4.78, 5) is 2.06. The predicted molar refractivity (Wildman–Crippen MR) is 135 cm³/mol. The van der Waals surface area contributed by atoms with Crippen LogP contribution in [0.25, 0.3) is 12.2 Å². The van der Waals surface area contributed by atoms with Crippen LogP contribution in [0.2, 0.25) is 0 Å². The van der Waals surface area contributed by atoms with E-state index in [2.05, 4.69) is 61.4 Å². The molecular weight excluding hydrogens is 481 g/mol. The second kappa shape index (κ2) is 10.6. The smallest absolute Gasteiger partial charge is 0.240 e. The van der Waals surface area contributed by atoms with Crippen molar-refractivity contribution in [2.75, 3.05) is 18.5 Å². The third kappa shape index (κ3) is 6.17. The molecule has 1 heterocycles. The Kier molecular flexibility index (Phi) is 7.35. The van der Waals surface area contributed by atoms with Crippen LogP contribution in [0.4, 0.5) is 10.1 Å². The van der Waals surface area contributed by atoms with Gasteiger partial charge in [-0.2, -0.15) is 0 Å². The largest absolute Gasteiger partial charge is 0.421 e. The Balaban J connectivity index is 1.46. The van der Waals surface area contributed by atoms with Gasteiger partial charge < -0.3 is 9.32 Å². The molecule has 33 heavy (non-hydrogen) atoms. The van der Waals surface area contributed by atoms with Crippen molar-refractivity contribution in [3.8, 4) is 0 Å². The Morgan fingerprint density at radius 2 is 1.79 bits per heavy atom. The Labute approximate surface area is 201 Å². The Bertz CT molecular complexity index is 1250. The molecule has 0 amide bonds. The van der Waals surface area contributed by atoms with Crippen LogP contribution in [-0.2, 0) is 12.8 Å². The molecule has 168 valence electrons. The van der Waals surface area contributed by atoms with E-state index in [1.165, 1.54) is 17.2 Å². The van der Waals surface area contributed by atoms with Gasteiger partial charge in [0.15, 0.2) is 0 Å². The van der Waals surface area contributed by atoms with E-state index in [0.29, 0.717) is 18.2 Å². The van der Waals surface area contributed by atoms with Gasteiger partial charge in [0.05, 0.1) is 6.42 Å². The summed E-state index contributed by atoms with van der Waals surface area (Å²) in [5.41, 5.74) is 5.21. The van der Waals surface area contributed by atoms with E-state index in [4.69, 9.17) is 4.42 Å². The molecule has 3 aromatic carbocycles.